The molecule has 1 aromatic carbocycles. The Bertz CT molecular complexity index is 660. The van der Waals surface area contributed by atoms with E-state index in [2.05, 4.69) is 28.2 Å². The van der Waals surface area contributed by atoms with E-state index in [1.807, 2.05) is 30.9 Å². The standard InChI is InChI=1S/C19H27N3O2/c1-4-24-19-13-15(5-6-18(19)23-3)14-22-11-8-16(9-12-22)17-7-10-20-21(17)2/h5-7,10,13,16H,4,8-9,11-12,14H2,1-3H3. The lowest BCUT2D eigenvalue weighted by molar-refractivity contribution is 0.201. The van der Waals surface area contributed by atoms with Crippen LogP contribution in [0.2, 0.25) is 0 Å². The van der Waals surface area contributed by atoms with Crippen LogP contribution < -0.4 is 9.47 Å². The number of hydrogen-bond donors (Lipinski definition) is 0. The van der Waals surface area contributed by atoms with Gasteiger partial charge in [-0.15, -0.1) is 0 Å². The molecule has 0 saturated carbocycles. The van der Waals surface area contributed by atoms with E-state index in [1.165, 1.54) is 24.1 Å². The zero-order chi connectivity index (χ0) is 16.9. The van der Waals surface area contributed by atoms with Crippen molar-refractivity contribution in [2.75, 3.05) is 26.8 Å². The quantitative estimate of drug-likeness (QED) is 0.816. The molecule has 1 aromatic heterocycles. The highest BCUT2D eigenvalue weighted by Crippen LogP contribution is 2.31. The number of benzene rings is 1. The first-order chi connectivity index (χ1) is 11.7. The average Bonchev–Trinajstić information content (AvgIpc) is 3.02. The summed E-state index contributed by atoms with van der Waals surface area (Å²) in [6.07, 6.45) is 4.27. The lowest BCUT2D eigenvalue weighted by Crippen LogP contribution is -2.33. The molecule has 0 bridgehead atoms. The third-order valence-corrected chi connectivity index (χ3v) is 4.80. The van der Waals surface area contributed by atoms with Crippen LogP contribution in [0.1, 0.15) is 36.9 Å². The molecule has 1 aliphatic heterocycles. The Hall–Kier alpha value is -2.01. The Morgan fingerprint density at radius 1 is 1.17 bits per heavy atom. The highest BCUT2D eigenvalue weighted by molar-refractivity contribution is 5.43. The summed E-state index contributed by atoms with van der Waals surface area (Å²) < 4.78 is 13.1. The van der Waals surface area contributed by atoms with Gasteiger partial charge in [-0.25, -0.2) is 0 Å². The summed E-state index contributed by atoms with van der Waals surface area (Å²) in [7, 11) is 3.72. The second-order valence-electron chi connectivity index (χ2n) is 6.35. The summed E-state index contributed by atoms with van der Waals surface area (Å²) >= 11 is 0. The monoisotopic (exact) mass is 329 g/mol. The second kappa shape index (κ2) is 7.71. The third-order valence-electron chi connectivity index (χ3n) is 4.80. The largest absolute Gasteiger partial charge is 0.493 e. The van der Waals surface area contributed by atoms with Crippen molar-refractivity contribution in [3.05, 3.63) is 41.7 Å². The minimum Gasteiger partial charge on any atom is -0.493 e. The van der Waals surface area contributed by atoms with Crippen molar-refractivity contribution in [3.63, 3.8) is 0 Å². The molecule has 1 saturated heterocycles. The zero-order valence-corrected chi connectivity index (χ0v) is 14.9. The van der Waals surface area contributed by atoms with Crippen LogP contribution in [0, 0.1) is 0 Å². The van der Waals surface area contributed by atoms with Gasteiger partial charge < -0.3 is 9.47 Å². The van der Waals surface area contributed by atoms with Gasteiger partial charge in [-0.3, -0.25) is 9.58 Å². The number of nitrogens with zero attached hydrogens (tertiary/aromatic N) is 3. The van der Waals surface area contributed by atoms with Crippen molar-refractivity contribution in [3.8, 4) is 11.5 Å². The molecule has 5 heteroatoms. The lowest BCUT2D eigenvalue weighted by atomic mass is 9.93. The summed E-state index contributed by atoms with van der Waals surface area (Å²) in [6.45, 7) is 5.84. The molecular weight excluding hydrogens is 302 g/mol. The summed E-state index contributed by atoms with van der Waals surface area (Å²) in [6, 6.07) is 8.39. The number of piperidine rings is 1. The van der Waals surface area contributed by atoms with E-state index in [1.54, 1.807) is 7.11 Å². The minimum absolute atomic E-state index is 0.628. The molecular formula is C19H27N3O2. The van der Waals surface area contributed by atoms with Gasteiger partial charge in [0.1, 0.15) is 0 Å². The summed E-state index contributed by atoms with van der Waals surface area (Å²) in [5.74, 6) is 2.27. The van der Waals surface area contributed by atoms with Crippen molar-refractivity contribution in [2.45, 2.75) is 32.2 Å². The summed E-state index contributed by atoms with van der Waals surface area (Å²) in [4.78, 5) is 2.52. The van der Waals surface area contributed by atoms with Gasteiger partial charge in [0.2, 0.25) is 0 Å². The molecule has 1 aliphatic rings. The number of rotatable bonds is 6. The van der Waals surface area contributed by atoms with Crippen molar-refractivity contribution >= 4 is 0 Å². The van der Waals surface area contributed by atoms with Gasteiger partial charge in [0.15, 0.2) is 11.5 Å². The normalized spacial score (nSPS) is 16.3. The lowest BCUT2D eigenvalue weighted by Gasteiger charge is -2.32. The van der Waals surface area contributed by atoms with Crippen molar-refractivity contribution < 1.29 is 9.47 Å². The van der Waals surface area contributed by atoms with Crippen molar-refractivity contribution in [1.29, 1.82) is 0 Å². The molecule has 0 spiro atoms. The summed E-state index contributed by atoms with van der Waals surface area (Å²) in [5.41, 5.74) is 2.64. The highest BCUT2D eigenvalue weighted by Gasteiger charge is 2.22. The third kappa shape index (κ3) is 3.73. The zero-order valence-electron chi connectivity index (χ0n) is 14.9. The van der Waals surface area contributed by atoms with Gasteiger partial charge >= 0.3 is 0 Å². The maximum absolute atomic E-state index is 5.68. The van der Waals surface area contributed by atoms with Crippen LogP contribution in [-0.2, 0) is 13.6 Å². The van der Waals surface area contributed by atoms with E-state index in [0.717, 1.165) is 31.1 Å². The Morgan fingerprint density at radius 2 is 1.96 bits per heavy atom. The molecule has 0 aliphatic carbocycles. The van der Waals surface area contributed by atoms with E-state index < -0.39 is 0 Å². The molecule has 0 unspecified atom stereocenters. The molecule has 0 atom stereocenters. The van der Waals surface area contributed by atoms with Crippen LogP contribution in [-0.4, -0.2) is 41.5 Å². The first kappa shape index (κ1) is 16.8. The Morgan fingerprint density at radius 3 is 2.58 bits per heavy atom. The first-order valence-corrected chi connectivity index (χ1v) is 8.71. The van der Waals surface area contributed by atoms with E-state index >= 15 is 0 Å². The SMILES string of the molecule is CCOc1cc(CN2CCC(c3ccnn3C)CC2)ccc1OC. The molecule has 0 amide bonds. The van der Waals surface area contributed by atoms with E-state index in [0.29, 0.717) is 12.5 Å². The van der Waals surface area contributed by atoms with Gasteiger partial charge in [0.25, 0.3) is 0 Å². The Kier molecular flexibility index (Phi) is 5.41. The van der Waals surface area contributed by atoms with Gasteiger partial charge in [0.05, 0.1) is 13.7 Å². The fourth-order valence-corrected chi connectivity index (χ4v) is 3.52. The van der Waals surface area contributed by atoms with Crippen LogP contribution in [0.25, 0.3) is 0 Å². The number of methoxy groups -OCH3 is 1. The van der Waals surface area contributed by atoms with Crippen LogP contribution >= 0.6 is 0 Å². The number of hydrogen-bond acceptors (Lipinski definition) is 4. The molecule has 0 radical (unpaired) electrons. The molecule has 5 nitrogen and oxygen atoms in total. The molecule has 130 valence electrons. The molecule has 24 heavy (non-hydrogen) atoms. The average molecular weight is 329 g/mol. The molecule has 2 aromatic rings. The molecule has 2 heterocycles. The van der Waals surface area contributed by atoms with Gasteiger partial charge in [-0.1, -0.05) is 6.07 Å². The highest BCUT2D eigenvalue weighted by atomic mass is 16.5. The minimum atomic E-state index is 0.628. The van der Waals surface area contributed by atoms with Crippen LogP contribution in [0.15, 0.2) is 30.5 Å². The predicted molar refractivity (Wildman–Crippen MR) is 94.6 cm³/mol. The van der Waals surface area contributed by atoms with Crippen molar-refractivity contribution in [1.82, 2.24) is 14.7 Å². The number of aryl methyl sites for hydroxylation is 1. The van der Waals surface area contributed by atoms with Gasteiger partial charge in [0, 0.05) is 31.4 Å². The fourth-order valence-electron chi connectivity index (χ4n) is 3.52. The second-order valence-corrected chi connectivity index (χ2v) is 6.35. The fraction of sp³-hybridized carbons (Fsp3) is 0.526. The molecule has 3 rings (SSSR count). The van der Waals surface area contributed by atoms with Gasteiger partial charge in [-0.2, -0.15) is 5.10 Å². The van der Waals surface area contributed by atoms with E-state index in [9.17, 15) is 0 Å². The topological polar surface area (TPSA) is 39.5 Å². The van der Waals surface area contributed by atoms with Crippen molar-refractivity contribution in [2.24, 2.45) is 7.05 Å². The maximum Gasteiger partial charge on any atom is 0.161 e. The Labute approximate surface area is 144 Å². The number of aromatic nitrogens is 2. The van der Waals surface area contributed by atoms with E-state index in [-0.39, 0.29) is 0 Å². The predicted octanol–water partition coefficient (Wildman–Crippen LogP) is 3.21. The molecule has 0 N–H and O–H groups in total. The van der Waals surface area contributed by atoms with E-state index in [4.69, 9.17) is 9.47 Å². The van der Waals surface area contributed by atoms with Crippen LogP contribution in [0.5, 0.6) is 11.5 Å². The molecule has 1 fully saturated rings. The smallest absolute Gasteiger partial charge is 0.161 e. The van der Waals surface area contributed by atoms with Gasteiger partial charge in [-0.05, 0) is 56.6 Å². The number of ether oxygens (including phenoxy) is 2. The number of likely N-dealkylation sites (tertiary alicyclic amines) is 1. The van der Waals surface area contributed by atoms with Crippen LogP contribution in [0.3, 0.4) is 0 Å². The summed E-state index contributed by atoms with van der Waals surface area (Å²) in [5, 5.41) is 4.30. The maximum atomic E-state index is 5.68. The Balaban J connectivity index is 1.60. The van der Waals surface area contributed by atoms with Crippen LogP contribution in [0.4, 0.5) is 0 Å². The first-order valence-electron chi connectivity index (χ1n) is 8.71.